The number of hydrogen-bond acceptors (Lipinski definition) is 3. The highest BCUT2D eigenvalue weighted by atomic mass is 19.1. The number of benzene rings is 3. The maximum Gasteiger partial charge on any atom is 0.255 e. The standard InChI is InChI=1S/C22H18FN3O3/c1-14(27)24-19-6-3-7-20(13-19)26-22(29)16-10-8-15(9-11-16)21(28)25-18-5-2-4-17(23)12-18/h2-13H,1H3,(H,24,27)(H,25,28)(H,26,29). The number of amides is 3. The highest BCUT2D eigenvalue weighted by molar-refractivity contribution is 6.07. The van der Waals surface area contributed by atoms with Crippen LogP contribution in [0.3, 0.4) is 0 Å². The molecular weight excluding hydrogens is 373 g/mol. The summed E-state index contributed by atoms with van der Waals surface area (Å²) < 4.78 is 13.2. The predicted molar refractivity (Wildman–Crippen MR) is 109 cm³/mol. The lowest BCUT2D eigenvalue weighted by atomic mass is 10.1. The zero-order valence-corrected chi connectivity index (χ0v) is 15.5. The smallest absolute Gasteiger partial charge is 0.255 e. The molecule has 0 aliphatic carbocycles. The van der Waals surface area contributed by atoms with E-state index in [9.17, 15) is 18.8 Å². The van der Waals surface area contributed by atoms with Gasteiger partial charge in [-0.25, -0.2) is 4.39 Å². The topological polar surface area (TPSA) is 87.3 Å². The normalized spacial score (nSPS) is 10.1. The predicted octanol–water partition coefficient (Wildman–Crippen LogP) is 4.29. The molecule has 0 fully saturated rings. The molecule has 0 bridgehead atoms. The third kappa shape index (κ3) is 5.49. The van der Waals surface area contributed by atoms with Gasteiger partial charge in [-0.3, -0.25) is 14.4 Å². The fourth-order valence-corrected chi connectivity index (χ4v) is 2.62. The first-order chi connectivity index (χ1) is 13.9. The van der Waals surface area contributed by atoms with Crippen molar-refractivity contribution < 1.29 is 18.8 Å². The summed E-state index contributed by atoms with van der Waals surface area (Å²) in [6.45, 7) is 1.40. The second kappa shape index (κ2) is 8.79. The summed E-state index contributed by atoms with van der Waals surface area (Å²) in [6.07, 6.45) is 0. The Labute approximate surface area is 166 Å². The van der Waals surface area contributed by atoms with Crippen LogP contribution in [-0.4, -0.2) is 17.7 Å². The van der Waals surface area contributed by atoms with Gasteiger partial charge >= 0.3 is 0 Å². The van der Waals surface area contributed by atoms with Crippen LogP contribution in [0.25, 0.3) is 0 Å². The van der Waals surface area contributed by atoms with Crippen LogP contribution < -0.4 is 16.0 Å². The Morgan fingerprint density at radius 2 is 1.10 bits per heavy atom. The van der Waals surface area contributed by atoms with E-state index in [1.165, 1.54) is 49.4 Å². The minimum absolute atomic E-state index is 0.208. The number of carbonyl (C=O) groups is 3. The maximum atomic E-state index is 13.2. The molecule has 146 valence electrons. The maximum absolute atomic E-state index is 13.2. The number of halogens is 1. The van der Waals surface area contributed by atoms with Crippen LogP contribution in [0.5, 0.6) is 0 Å². The van der Waals surface area contributed by atoms with Gasteiger partial charge < -0.3 is 16.0 Å². The van der Waals surface area contributed by atoms with E-state index in [2.05, 4.69) is 16.0 Å². The molecule has 0 unspecified atom stereocenters. The fourth-order valence-electron chi connectivity index (χ4n) is 2.62. The number of rotatable bonds is 5. The SMILES string of the molecule is CC(=O)Nc1cccc(NC(=O)c2ccc(C(=O)Nc3cccc(F)c3)cc2)c1. The van der Waals surface area contributed by atoms with Gasteiger partial charge in [0.2, 0.25) is 5.91 Å². The van der Waals surface area contributed by atoms with Gasteiger partial charge in [0, 0.05) is 35.1 Å². The van der Waals surface area contributed by atoms with Crippen LogP contribution in [0.1, 0.15) is 27.6 Å². The summed E-state index contributed by atoms with van der Waals surface area (Å²) in [7, 11) is 0. The third-order valence-electron chi connectivity index (χ3n) is 3.93. The number of carbonyl (C=O) groups excluding carboxylic acids is 3. The van der Waals surface area contributed by atoms with Crippen molar-refractivity contribution in [1.82, 2.24) is 0 Å². The lowest BCUT2D eigenvalue weighted by Crippen LogP contribution is -2.14. The highest BCUT2D eigenvalue weighted by Gasteiger charge is 2.10. The molecule has 3 N–H and O–H groups in total. The minimum Gasteiger partial charge on any atom is -0.326 e. The van der Waals surface area contributed by atoms with E-state index in [0.29, 0.717) is 28.2 Å². The van der Waals surface area contributed by atoms with E-state index in [0.717, 1.165) is 0 Å². The molecule has 7 heteroatoms. The van der Waals surface area contributed by atoms with E-state index in [-0.39, 0.29) is 11.8 Å². The second-order valence-corrected chi connectivity index (χ2v) is 6.26. The van der Waals surface area contributed by atoms with Crippen molar-refractivity contribution >= 4 is 34.8 Å². The molecule has 0 saturated heterocycles. The first-order valence-electron chi connectivity index (χ1n) is 8.77. The number of hydrogen-bond donors (Lipinski definition) is 3. The van der Waals surface area contributed by atoms with Gasteiger partial charge in [-0.2, -0.15) is 0 Å². The molecule has 6 nitrogen and oxygen atoms in total. The molecule has 0 aromatic heterocycles. The van der Waals surface area contributed by atoms with E-state index >= 15 is 0 Å². The van der Waals surface area contributed by atoms with Crippen molar-refractivity contribution in [2.24, 2.45) is 0 Å². The van der Waals surface area contributed by atoms with E-state index in [4.69, 9.17) is 0 Å². The van der Waals surface area contributed by atoms with Crippen LogP contribution in [-0.2, 0) is 4.79 Å². The van der Waals surface area contributed by atoms with Crippen molar-refractivity contribution in [3.63, 3.8) is 0 Å². The van der Waals surface area contributed by atoms with Crippen LogP contribution >= 0.6 is 0 Å². The van der Waals surface area contributed by atoms with E-state index in [1.807, 2.05) is 0 Å². The fraction of sp³-hybridized carbons (Fsp3) is 0.0455. The van der Waals surface area contributed by atoms with Gasteiger partial charge in [-0.15, -0.1) is 0 Å². The average Bonchev–Trinajstić information content (AvgIpc) is 2.68. The summed E-state index contributed by atoms with van der Waals surface area (Å²) >= 11 is 0. The Morgan fingerprint density at radius 3 is 1.59 bits per heavy atom. The van der Waals surface area contributed by atoms with Crippen molar-refractivity contribution in [3.05, 3.63) is 89.7 Å². The summed E-state index contributed by atoms with van der Waals surface area (Å²) in [6, 6.07) is 18.4. The number of nitrogens with one attached hydrogen (secondary N) is 3. The van der Waals surface area contributed by atoms with Crippen LogP contribution in [0.15, 0.2) is 72.8 Å². The third-order valence-corrected chi connectivity index (χ3v) is 3.93. The van der Waals surface area contributed by atoms with Crippen molar-refractivity contribution in [2.75, 3.05) is 16.0 Å². The monoisotopic (exact) mass is 391 g/mol. The molecule has 3 amide bonds. The average molecular weight is 391 g/mol. The molecule has 0 saturated carbocycles. The van der Waals surface area contributed by atoms with Gasteiger partial charge in [-0.05, 0) is 60.7 Å². The summed E-state index contributed by atoms with van der Waals surface area (Å²) in [5, 5.41) is 7.97. The molecular formula is C22H18FN3O3. The molecule has 29 heavy (non-hydrogen) atoms. The molecule has 0 atom stereocenters. The molecule has 0 aliphatic rings. The quantitative estimate of drug-likeness (QED) is 0.606. The largest absolute Gasteiger partial charge is 0.326 e. The van der Waals surface area contributed by atoms with Crippen molar-refractivity contribution in [3.8, 4) is 0 Å². The molecule has 0 heterocycles. The lowest BCUT2D eigenvalue weighted by molar-refractivity contribution is -0.114. The Balaban J connectivity index is 1.65. The van der Waals surface area contributed by atoms with Gasteiger partial charge in [0.05, 0.1) is 0 Å². The second-order valence-electron chi connectivity index (χ2n) is 6.26. The molecule has 0 aliphatic heterocycles. The van der Waals surface area contributed by atoms with Gasteiger partial charge in [0.25, 0.3) is 11.8 Å². The Morgan fingerprint density at radius 1 is 0.655 bits per heavy atom. The Kier molecular flexibility index (Phi) is 5.99. The highest BCUT2D eigenvalue weighted by Crippen LogP contribution is 2.17. The van der Waals surface area contributed by atoms with Gasteiger partial charge in [-0.1, -0.05) is 12.1 Å². The molecule has 3 rings (SSSR count). The Bertz CT molecular complexity index is 1060. The molecule has 3 aromatic carbocycles. The zero-order chi connectivity index (χ0) is 20.8. The summed E-state index contributed by atoms with van der Waals surface area (Å²) in [5.74, 6) is -1.43. The van der Waals surface area contributed by atoms with Crippen LogP contribution in [0.4, 0.5) is 21.5 Å². The summed E-state index contributed by atoms with van der Waals surface area (Å²) in [5.41, 5.74) is 2.13. The summed E-state index contributed by atoms with van der Waals surface area (Å²) in [4.78, 5) is 35.8. The van der Waals surface area contributed by atoms with Gasteiger partial charge in [0.1, 0.15) is 5.82 Å². The van der Waals surface area contributed by atoms with Gasteiger partial charge in [0.15, 0.2) is 0 Å². The lowest BCUT2D eigenvalue weighted by Gasteiger charge is -2.09. The minimum atomic E-state index is -0.447. The van der Waals surface area contributed by atoms with Crippen molar-refractivity contribution in [2.45, 2.75) is 6.92 Å². The van der Waals surface area contributed by atoms with Crippen LogP contribution in [0, 0.1) is 5.82 Å². The van der Waals surface area contributed by atoms with Crippen LogP contribution in [0.2, 0.25) is 0 Å². The Hall–Kier alpha value is -4.00. The zero-order valence-electron chi connectivity index (χ0n) is 15.5. The first kappa shape index (κ1) is 19.8. The van der Waals surface area contributed by atoms with E-state index < -0.39 is 11.7 Å². The molecule has 0 radical (unpaired) electrons. The molecule has 0 spiro atoms. The van der Waals surface area contributed by atoms with E-state index in [1.54, 1.807) is 30.3 Å². The van der Waals surface area contributed by atoms with Crippen molar-refractivity contribution in [1.29, 1.82) is 0 Å². The molecule has 3 aromatic rings. The number of anilines is 3. The first-order valence-corrected chi connectivity index (χ1v) is 8.77.